The molecule has 1 N–H and O–H groups in total. The minimum absolute atomic E-state index is 0.0879. The number of nitrogens with one attached hydrogen (secondary N) is 1. The molecule has 0 unspecified atom stereocenters. The fraction of sp³-hybridized carbons (Fsp3) is 0.636. The van der Waals surface area contributed by atoms with Gasteiger partial charge in [-0.3, -0.25) is 4.79 Å². The Bertz CT molecular complexity index is 314. The number of hydrogen-bond donors (Lipinski definition) is 1. The van der Waals surface area contributed by atoms with Crippen molar-refractivity contribution in [2.75, 3.05) is 13.2 Å². The van der Waals surface area contributed by atoms with E-state index in [-0.39, 0.29) is 18.1 Å². The van der Waals surface area contributed by atoms with Crippen LogP contribution < -0.4 is 5.32 Å². The number of amides is 1. The zero-order valence-electron chi connectivity index (χ0n) is 10.1. The maximum Gasteiger partial charge on any atom is 0.246 e. The van der Waals surface area contributed by atoms with Gasteiger partial charge in [-0.2, -0.15) is 0 Å². The molecule has 0 aliphatic heterocycles. The highest BCUT2D eigenvalue weighted by atomic mass is 16.5. The summed E-state index contributed by atoms with van der Waals surface area (Å²) >= 11 is 0. The number of ether oxygens (including phenoxy) is 1. The summed E-state index contributed by atoms with van der Waals surface area (Å²) in [5, 5.41) is 2.78. The van der Waals surface area contributed by atoms with Gasteiger partial charge in [0.05, 0.1) is 11.9 Å². The standard InChI is InChI=1S/C11H19N3O2/c1-11(2,3)16-8-10(15)13-5-7-14-6-4-12-9-14/h4,6,9H,5,7-8H2,1-3H3,(H,13,15). The van der Waals surface area contributed by atoms with Crippen molar-refractivity contribution in [3.63, 3.8) is 0 Å². The average molecular weight is 225 g/mol. The van der Waals surface area contributed by atoms with Crippen LogP contribution in [0.25, 0.3) is 0 Å². The SMILES string of the molecule is CC(C)(C)OCC(=O)NCCn1ccnc1. The van der Waals surface area contributed by atoms with E-state index < -0.39 is 0 Å². The smallest absolute Gasteiger partial charge is 0.246 e. The van der Waals surface area contributed by atoms with Gasteiger partial charge in [-0.15, -0.1) is 0 Å². The van der Waals surface area contributed by atoms with E-state index in [1.807, 2.05) is 31.5 Å². The van der Waals surface area contributed by atoms with E-state index in [4.69, 9.17) is 4.74 Å². The third-order valence-corrected chi connectivity index (χ3v) is 1.89. The van der Waals surface area contributed by atoms with Crippen molar-refractivity contribution in [1.29, 1.82) is 0 Å². The maximum atomic E-state index is 11.4. The van der Waals surface area contributed by atoms with Crippen LogP contribution in [0.5, 0.6) is 0 Å². The highest BCUT2D eigenvalue weighted by Crippen LogP contribution is 2.05. The molecule has 5 heteroatoms. The van der Waals surface area contributed by atoms with Gasteiger partial charge in [0.15, 0.2) is 0 Å². The number of carbonyl (C=O) groups excluding carboxylic acids is 1. The fourth-order valence-corrected chi connectivity index (χ4v) is 1.08. The molecular formula is C11H19N3O2. The Balaban J connectivity index is 2.11. The van der Waals surface area contributed by atoms with E-state index in [0.717, 1.165) is 6.54 Å². The molecule has 1 rings (SSSR count). The number of carbonyl (C=O) groups is 1. The van der Waals surface area contributed by atoms with E-state index in [9.17, 15) is 4.79 Å². The molecular weight excluding hydrogens is 206 g/mol. The molecule has 0 radical (unpaired) electrons. The predicted octanol–water partition coefficient (Wildman–Crippen LogP) is 0.814. The lowest BCUT2D eigenvalue weighted by molar-refractivity contribution is -0.130. The highest BCUT2D eigenvalue weighted by molar-refractivity contribution is 5.77. The average Bonchev–Trinajstić information content (AvgIpc) is 2.66. The van der Waals surface area contributed by atoms with Crippen molar-refractivity contribution >= 4 is 5.91 Å². The number of nitrogens with zero attached hydrogens (tertiary/aromatic N) is 2. The van der Waals surface area contributed by atoms with Crippen molar-refractivity contribution in [2.45, 2.75) is 32.9 Å². The summed E-state index contributed by atoms with van der Waals surface area (Å²) in [5.41, 5.74) is -0.276. The van der Waals surface area contributed by atoms with Crippen molar-refractivity contribution in [2.24, 2.45) is 0 Å². The van der Waals surface area contributed by atoms with Crippen LogP contribution in [-0.4, -0.2) is 34.2 Å². The fourth-order valence-electron chi connectivity index (χ4n) is 1.08. The van der Waals surface area contributed by atoms with Crippen LogP contribution in [0, 0.1) is 0 Å². The molecule has 1 aromatic rings. The molecule has 5 nitrogen and oxygen atoms in total. The molecule has 0 bridgehead atoms. The van der Waals surface area contributed by atoms with Gasteiger partial charge < -0.3 is 14.6 Å². The Morgan fingerprint density at radius 1 is 1.50 bits per heavy atom. The second-order valence-corrected chi connectivity index (χ2v) is 4.55. The largest absolute Gasteiger partial charge is 0.366 e. The Labute approximate surface area is 95.8 Å². The zero-order chi connectivity index (χ0) is 12.0. The van der Waals surface area contributed by atoms with E-state index in [1.165, 1.54) is 0 Å². The van der Waals surface area contributed by atoms with Crippen LogP contribution in [-0.2, 0) is 16.1 Å². The first-order valence-electron chi connectivity index (χ1n) is 5.34. The molecule has 16 heavy (non-hydrogen) atoms. The summed E-state index contributed by atoms with van der Waals surface area (Å²) in [5.74, 6) is -0.0879. The molecule has 0 aliphatic rings. The molecule has 1 aromatic heterocycles. The lowest BCUT2D eigenvalue weighted by Gasteiger charge is -2.18. The van der Waals surface area contributed by atoms with Crippen molar-refractivity contribution in [1.82, 2.24) is 14.9 Å². The third-order valence-electron chi connectivity index (χ3n) is 1.89. The maximum absolute atomic E-state index is 11.4. The monoisotopic (exact) mass is 225 g/mol. The third kappa shape index (κ3) is 5.50. The first kappa shape index (κ1) is 12.7. The molecule has 0 fully saturated rings. The van der Waals surface area contributed by atoms with Crippen LogP contribution in [0.15, 0.2) is 18.7 Å². The molecule has 0 spiro atoms. The molecule has 0 atom stereocenters. The normalized spacial score (nSPS) is 11.4. The van der Waals surface area contributed by atoms with Gasteiger partial charge >= 0.3 is 0 Å². The van der Waals surface area contributed by atoms with Gasteiger partial charge in [0.25, 0.3) is 0 Å². The van der Waals surface area contributed by atoms with Gasteiger partial charge in [0.1, 0.15) is 6.61 Å². The van der Waals surface area contributed by atoms with E-state index in [1.54, 1.807) is 12.5 Å². The van der Waals surface area contributed by atoms with Gasteiger partial charge in [-0.25, -0.2) is 4.98 Å². The predicted molar refractivity (Wildman–Crippen MR) is 60.9 cm³/mol. The van der Waals surface area contributed by atoms with Crippen LogP contribution in [0.2, 0.25) is 0 Å². The van der Waals surface area contributed by atoms with E-state index in [0.29, 0.717) is 6.54 Å². The van der Waals surface area contributed by atoms with Gasteiger partial charge in [0, 0.05) is 25.5 Å². The number of hydrogen-bond acceptors (Lipinski definition) is 3. The summed E-state index contributed by atoms with van der Waals surface area (Å²) < 4.78 is 7.26. The number of rotatable bonds is 5. The van der Waals surface area contributed by atoms with Crippen molar-refractivity contribution in [3.05, 3.63) is 18.7 Å². The Morgan fingerprint density at radius 2 is 2.25 bits per heavy atom. The molecule has 0 saturated heterocycles. The first-order chi connectivity index (χ1) is 7.47. The lowest BCUT2D eigenvalue weighted by atomic mass is 10.2. The lowest BCUT2D eigenvalue weighted by Crippen LogP contribution is -2.33. The van der Waals surface area contributed by atoms with E-state index >= 15 is 0 Å². The minimum Gasteiger partial charge on any atom is -0.366 e. The van der Waals surface area contributed by atoms with Crippen LogP contribution in [0.4, 0.5) is 0 Å². The quantitative estimate of drug-likeness (QED) is 0.807. The topological polar surface area (TPSA) is 56.1 Å². The van der Waals surface area contributed by atoms with Gasteiger partial charge in [0.2, 0.25) is 5.91 Å². The van der Waals surface area contributed by atoms with Crippen LogP contribution >= 0.6 is 0 Å². The Hall–Kier alpha value is -1.36. The second-order valence-electron chi connectivity index (χ2n) is 4.55. The summed E-state index contributed by atoms with van der Waals surface area (Å²) in [6.07, 6.45) is 5.29. The molecule has 1 heterocycles. The summed E-state index contributed by atoms with van der Waals surface area (Å²) in [6.45, 7) is 7.18. The number of aromatic nitrogens is 2. The molecule has 90 valence electrons. The van der Waals surface area contributed by atoms with E-state index in [2.05, 4.69) is 10.3 Å². The zero-order valence-corrected chi connectivity index (χ0v) is 10.1. The molecule has 0 saturated carbocycles. The molecule has 0 aromatic carbocycles. The summed E-state index contributed by atoms with van der Waals surface area (Å²) in [4.78, 5) is 15.3. The minimum atomic E-state index is -0.276. The summed E-state index contributed by atoms with van der Waals surface area (Å²) in [6, 6.07) is 0. The van der Waals surface area contributed by atoms with Crippen molar-refractivity contribution < 1.29 is 9.53 Å². The molecule has 1 amide bonds. The first-order valence-corrected chi connectivity index (χ1v) is 5.34. The van der Waals surface area contributed by atoms with Crippen molar-refractivity contribution in [3.8, 4) is 0 Å². The molecule has 0 aliphatic carbocycles. The van der Waals surface area contributed by atoms with Gasteiger partial charge in [-0.1, -0.05) is 0 Å². The second kappa shape index (κ2) is 5.65. The van der Waals surface area contributed by atoms with Crippen LogP contribution in [0.3, 0.4) is 0 Å². The Morgan fingerprint density at radius 3 is 2.81 bits per heavy atom. The highest BCUT2D eigenvalue weighted by Gasteiger charge is 2.12. The van der Waals surface area contributed by atoms with Crippen LogP contribution in [0.1, 0.15) is 20.8 Å². The number of imidazole rings is 1. The van der Waals surface area contributed by atoms with Gasteiger partial charge in [-0.05, 0) is 20.8 Å². The summed E-state index contributed by atoms with van der Waals surface area (Å²) in [7, 11) is 0. The Kier molecular flexibility index (Phi) is 4.49.